The van der Waals surface area contributed by atoms with E-state index in [1.54, 1.807) is 17.6 Å². The van der Waals surface area contributed by atoms with Gasteiger partial charge in [0.05, 0.1) is 6.26 Å². The van der Waals surface area contributed by atoms with E-state index in [2.05, 4.69) is 13.8 Å². The molecule has 0 aliphatic carbocycles. The maximum Gasteiger partial charge on any atom is 0.263 e. The van der Waals surface area contributed by atoms with E-state index in [1.807, 2.05) is 47.4 Å². The molecular formula is C20H21N2O2S+. The number of hydrogen-bond acceptors (Lipinski definition) is 3. The fourth-order valence-corrected chi connectivity index (χ4v) is 4.53. The first kappa shape index (κ1) is 16.1. The average molecular weight is 353 g/mol. The lowest BCUT2D eigenvalue weighted by Gasteiger charge is -2.32. The van der Waals surface area contributed by atoms with E-state index in [9.17, 15) is 4.79 Å². The monoisotopic (exact) mass is 353 g/mol. The van der Waals surface area contributed by atoms with Crippen molar-refractivity contribution in [3.05, 3.63) is 76.1 Å². The molecule has 1 amide bonds. The lowest BCUT2D eigenvalue weighted by molar-refractivity contribution is -0.928. The molecule has 128 valence electrons. The molecule has 4 rings (SSSR count). The largest absolute Gasteiger partial charge is 0.463 e. The quantitative estimate of drug-likeness (QED) is 0.785. The Bertz CT molecular complexity index is 884. The van der Waals surface area contributed by atoms with Gasteiger partial charge in [-0.3, -0.25) is 9.69 Å². The third kappa shape index (κ3) is 3.01. The normalized spacial score (nSPS) is 16.7. The smallest absolute Gasteiger partial charge is 0.263 e. The maximum atomic E-state index is 13.1. The average Bonchev–Trinajstić information content (AvgIpc) is 3.24. The molecule has 1 unspecified atom stereocenters. The van der Waals surface area contributed by atoms with Gasteiger partial charge in [0.2, 0.25) is 0 Å². The molecule has 2 aromatic heterocycles. The fourth-order valence-electron chi connectivity index (χ4n) is 3.36. The Kier molecular flexibility index (Phi) is 4.19. The number of rotatable bonds is 3. The first-order chi connectivity index (χ1) is 12.1. The third-order valence-corrected chi connectivity index (χ3v) is 6.09. The summed E-state index contributed by atoms with van der Waals surface area (Å²) in [5, 5.41) is 1.10. The summed E-state index contributed by atoms with van der Waals surface area (Å²) in [7, 11) is 0. The first-order valence-electron chi connectivity index (χ1n) is 8.45. The highest BCUT2D eigenvalue weighted by Crippen LogP contribution is 2.36. The van der Waals surface area contributed by atoms with Crippen molar-refractivity contribution in [2.75, 3.05) is 11.6 Å². The fraction of sp³-hybridized carbons (Fsp3) is 0.250. The van der Waals surface area contributed by atoms with Crippen LogP contribution in [0.15, 0.2) is 53.1 Å². The number of quaternary nitrogens is 1. The molecule has 0 fully saturated rings. The van der Waals surface area contributed by atoms with Gasteiger partial charge in [-0.05, 0) is 43.7 Å². The van der Waals surface area contributed by atoms with Crippen molar-refractivity contribution >= 4 is 22.2 Å². The molecule has 25 heavy (non-hydrogen) atoms. The molecule has 1 aliphatic heterocycles. The van der Waals surface area contributed by atoms with Crippen LogP contribution in [0.3, 0.4) is 0 Å². The Morgan fingerprint density at radius 3 is 2.72 bits per heavy atom. The van der Waals surface area contributed by atoms with Gasteiger partial charge in [-0.2, -0.15) is 0 Å². The van der Waals surface area contributed by atoms with E-state index in [4.69, 9.17) is 4.42 Å². The molecule has 1 atom stereocenters. The molecule has 1 N–H and O–H groups in total. The van der Waals surface area contributed by atoms with Crippen LogP contribution in [0.5, 0.6) is 0 Å². The molecule has 0 saturated carbocycles. The van der Waals surface area contributed by atoms with Gasteiger partial charge in [0, 0.05) is 16.0 Å². The Balaban J connectivity index is 1.69. The second-order valence-corrected chi connectivity index (χ2v) is 7.71. The van der Waals surface area contributed by atoms with Crippen molar-refractivity contribution < 1.29 is 14.1 Å². The summed E-state index contributed by atoms with van der Waals surface area (Å²) in [4.78, 5) is 17.7. The molecule has 0 bridgehead atoms. The van der Waals surface area contributed by atoms with Gasteiger partial charge in [-0.1, -0.05) is 18.2 Å². The Hall–Kier alpha value is -2.37. The summed E-state index contributed by atoms with van der Waals surface area (Å²) in [5.41, 5.74) is 3.33. The van der Waals surface area contributed by atoms with E-state index in [1.165, 1.54) is 20.9 Å². The second kappa shape index (κ2) is 6.50. The molecule has 3 heterocycles. The lowest BCUT2D eigenvalue weighted by atomic mass is 10.1. The molecule has 1 aliphatic rings. The summed E-state index contributed by atoms with van der Waals surface area (Å²) < 4.78 is 5.52. The van der Waals surface area contributed by atoms with Crippen LogP contribution < -0.4 is 9.80 Å². The number of amides is 1. The van der Waals surface area contributed by atoms with Gasteiger partial charge in [-0.15, -0.1) is 11.3 Å². The zero-order chi connectivity index (χ0) is 17.4. The zero-order valence-corrected chi connectivity index (χ0v) is 15.2. The lowest BCUT2D eigenvalue weighted by Crippen LogP contribution is -3.12. The van der Waals surface area contributed by atoms with Crippen LogP contribution >= 0.6 is 11.3 Å². The number of anilines is 1. The third-order valence-electron chi connectivity index (χ3n) is 4.81. The molecule has 3 aromatic rings. The Morgan fingerprint density at radius 1 is 1.20 bits per heavy atom. The topological polar surface area (TPSA) is 37.9 Å². The van der Waals surface area contributed by atoms with Crippen LogP contribution in [0.4, 0.5) is 5.00 Å². The van der Waals surface area contributed by atoms with Crippen LogP contribution in [0.1, 0.15) is 32.1 Å². The summed E-state index contributed by atoms with van der Waals surface area (Å²) in [6.45, 7) is 6.65. The van der Waals surface area contributed by atoms with E-state index in [0.717, 1.165) is 29.4 Å². The van der Waals surface area contributed by atoms with Gasteiger partial charge in [0.1, 0.15) is 18.1 Å². The SMILES string of the molecule is Cc1sc2c(c1C)C[NH+](Cc1ccco1)CN2C(=O)c1ccccc1. The number of aryl methyl sites for hydroxylation is 1. The zero-order valence-electron chi connectivity index (χ0n) is 14.4. The number of fused-ring (bicyclic) bond motifs is 1. The maximum absolute atomic E-state index is 13.1. The van der Waals surface area contributed by atoms with Crippen LogP contribution in [-0.2, 0) is 13.1 Å². The van der Waals surface area contributed by atoms with Gasteiger partial charge in [-0.25, -0.2) is 0 Å². The standard InChI is InChI=1S/C20H20N2O2S/c1-14-15(2)25-20-18(14)12-21(11-17-9-6-10-24-17)13-22(20)19(23)16-7-4-3-5-8-16/h3-10H,11-13H2,1-2H3/p+1. The van der Waals surface area contributed by atoms with E-state index >= 15 is 0 Å². The minimum atomic E-state index is 0.0692. The summed E-state index contributed by atoms with van der Waals surface area (Å²) in [6.07, 6.45) is 1.71. The summed E-state index contributed by atoms with van der Waals surface area (Å²) >= 11 is 1.73. The van der Waals surface area contributed by atoms with Crippen molar-refractivity contribution in [2.45, 2.75) is 26.9 Å². The van der Waals surface area contributed by atoms with Gasteiger partial charge in [0.25, 0.3) is 5.91 Å². The molecule has 0 spiro atoms. The number of hydrogen-bond donors (Lipinski definition) is 1. The minimum absolute atomic E-state index is 0.0692. The number of carbonyl (C=O) groups excluding carboxylic acids is 1. The van der Waals surface area contributed by atoms with Crippen LogP contribution in [-0.4, -0.2) is 12.6 Å². The van der Waals surface area contributed by atoms with Crippen molar-refractivity contribution in [3.8, 4) is 0 Å². The molecule has 5 heteroatoms. The van der Waals surface area contributed by atoms with Gasteiger partial charge >= 0.3 is 0 Å². The molecule has 0 saturated heterocycles. The number of nitrogens with one attached hydrogen (secondary N) is 1. The van der Waals surface area contributed by atoms with Gasteiger partial charge < -0.3 is 9.32 Å². The van der Waals surface area contributed by atoms with E-state index < -0.39 is 0 Å². The summed E-state index contributed by atoms with van der Waals surface area (Å²) in [6, 6.07) is 13.4. The number of nitrogens with zero attached hydrogens (tertiary/aromatic N) is 1. The van der Waals surface area contributed by atoms with Crippen molar-refractivity contribution in [3.63, 3.8) is 0 Å². The molecular weight excluding hydrogens is 332 g/mol. The number of thiophene rings is 1. The first-order valence-corrected chi connectivity index (χ1v) is 9.27. The minimum Gasteiger partial charge on any atom is -0.463 e. The number of carbonyl (C=O) groups is 1. The van der Waals surface area contributed by atoms with Crippen molar-refractivity contribution in [1.29, 1.82) is 0 Å². The number of benzene rings is 1. The van der Waals surface area contributed by atoms with Crippen LogP contribution in [0, 0.1) is 13.8 Å². The van der Waals surface area contributed by atoms with Gasteiger partial charge in [0.15, 0.2) is 12.4 Å². The molecule has 1 aromatic carbocycles. The highest BCUT2D eigenvalue weighted by atomic mass is 32.1. The molecule has 0 radical (unpaired) electrons. The van der Waals surface area contributed by atoms with Crippen molar-refractivity contribution in [2.24, 2.45) is 0 Å². The Labute approximate surface area is 151 Å². The van der Waals surface area contributed by atoms with E-state index in [0.29, 0.717) is 6.67 Å². The second-order valence-electron chi connectivity index (χ2n) is 6.51. The van der Waals surface area contributed by atoms with Crippen LogP contribution in [0.2, 0.25) is 0 Å². The highest BCUT2D eigenvalue weighted by molar-refractivity contribution is 7.16. The molecule has 4 nitrogen and oxygen atoms in total. The highest BCUT2D eigenvalue weighted by Gasteiger charge is 2.34. The predicted molar refractivity (Wildman–Crippen MR) is 99.0 cm³/mol. The van der Waals surface area contributed by atoms with E-state index in [-0.39, 0.29) is 5.91 Å². The Morgan fingerprint density at radius 2 is 2.00 bits per heavy atom. The van der Waals surface area contributed by atoms with Crippen LogP contribution in [0.25, 0.3) is 0 Å². The van der Waals surface area contributed by atoms with Crippen molar-refractivity contribution in [1.82, 2.24) is 0 Å². The predicted octanol–water partition coefficient (Wildman–Crippen LogP) is 3.16. The number of furan rings is 1. The summed E-state index contributed by atoms with van der Waals surface area (Å²) in [5.74, 6) is 1.02.